The molecule has 0 saturated carbocycles. The molecule has 0 aliphatic rings. The van der Waals surface area contributed by atoms with E-state index >= 15 is 0 Å². The second-order valence-electron chi connectivity index (χ2n) is 3.24. The lowest BCUT2D eigenvalue weighted by molar-refractivity contribution is -0.143. The molecule has 0 aliphatic carbocycles. The normalized spacial score (nSPS) is 11.4. The number of alkyl halides is 2. The molecule has 1 amide bonds. The first-order valence-corrected chi connectivity index (χ1v) is 4.11. The van der Waals surface area contributed by atoms with Gasteiger partial charge in [-0.2, -0.15) is 8.78 Å². The number of nitrogens with two attached hydrogens (primary N) is 1. The van der Waals surface area contributed by atoms with Crippen LogP contribution < -0.4 is 5.73 Å². The van der Waals surface area contributed by atoms with Gasteiger partial charge >= 0.3 is 5.92 Å². The van der Waals surface area contributed by atoms with E-state index in [4.69, 9.17) is 0 Å². The number of primary amides is 1. The van der Waals surface area contributed by atoms with Crippen LogP contribution in [-0.2, 0) is 10.7 Å². The molecule has 0 aromatic heterocycles. The second-order valence-corrected chi connectivity index (χ2v) is 3.24. The summed E-state index contributed by atoms with van der Waals surface area (Å²) in [6.45, 7) is 3.51. The molecule has 1 aromatic carbocycles. The van der Waals surface area contributed by atoms with Gasteiger partial charge in [-0.05, 0) is 31.0 Å². The largest absolute Gasteiger partial charge is 0.364 e. The van der Waals surface area contributed by atoms with Crippen LogP contribution in [0.3, 0.4) is 0 Å². The molecule has 0 saturated heterocycles. The SMILES string of the molecule is Cc1ccc(C(F)(F)C(N)=O)cc1C. The number of amides is 1. The summed E-state index contributed by atoms with van der Waals surface area (Å²) >= 11 is 0. The van der Waals surface area contributed by atoms with Crippen molar-refractivity contribution >= 4 is 5.91 Å². The summed E-state index contributed by atoms with van der Waals surface area (Å²) in [5.41, 5.74) is 5.86. The fourth-order valence-corrected chi connectivity index (χ4v) is 1.08. The van der Waals surface area contributed by atoms with Crippen LogP contribution in [-0.4, -0.2) is 5.91 Å². The van der Waals surface area contributed by atoms with Crippen LogP contribution in [0, 0.1) is 13.8 Å². The lowest BCUT2D eigenvalue weighted by atomic mass is 10.0. The summed E-state index contributed by atoms with van der Waals surface area (Å²) in [6.07, 6.45) is 0. The summed E-state index contributed by atoms with van der Waals surface area (Å²) in [5.74, 6) is -5.21. The topological polar surface area (TPSA) is 43.1 Å². The highest BCUT2D eigenvalue weighted by Gasteiger charge is 2.38. The average molecular weight is 199 g/mol. The van der Waals surface area contributed by atoms with Crippen molar-refractivity contribution in [1.82, 2.24) is 0 Å². The monoisotopic (exact) mass is 199 g/mol. The third-order valence-electron chi connectivity index (χ3n) is 2.18. The maximum Gasteiger partial charge on any atom is 0.349 e. The molecular formula is C10H11F2NO. The van der Waals surface area contributed by atoms with Gasteiger partial charge in [0.05, 0.1) is 0 Å². The van der Waals surface area contributed by atoms with Crippen molar-refractivity contribution in [2.75, 3.05) is 0 Å². The van der Waals surface area contributed by atoms with E-state index in [0.29, 0.717) is 5.56 Å². The molecule has 0 heterocycles. The average Bonchev–Trinajstić information content (AvgIpc) is 2.09. The first-order valence-electron chi connectivity index (χ1n) is 4.11. The van der Waals surface area contributed by atoms with Crippen molar-refractivity contribution in [3.8, 4) is 0 Å². The number of benzene rings is 1. The van der Waals surface area contributed by atoms with Crippen LogP contribution in [0.15, 0.2) is 18.2 Å². The Morgan fingerprint density at radius 1 is 1.29 bits per heavy atom. The maximum absolute atomic E-state index is 13.1. The number of halogens is 2. The summed E-state index contributed by atoms with van der Waals surface area (Å²) in [6, 6.07) is 4.04. The van der Waals surface area contributed by atoms with Gasteiger partial charge in [-0.3, -0.25) is 4.79 Å². The molecule has 2 N–H and O–H groups in total. The first kappa shape index (κ1) is 10.6. The minimum absolute atomic E-state index is 0.354. The predicted octanol–water partition coefficient (Wildman–Crippen LogP) is 1.88. The summed E-state index contributed by atoms with van der Waals surface area (Å²) < 4.78 is 26.2. The summed E-state index contributed by atoms with van der Waals surface area (Å²) in [7, 11) is 0. The standard InChI is InChI=1S/C10H11F2NO/c1-6-3-4-8(5-7(6)2)10(11,12)9(13)14/h3-5H,1-2H3,(H2,13,14). The van der Waals surface area contributed by atoms with E-state index < -0.39 is 11.8 Å². The van der Waals surface area contributed by atoms with E-state index in [1.807, 2.05) is 6.92 Å². The lowest BCUT2D eigenvalue weighted by Gasteiger charge is -2.13. The van der Waals surface area contributed by atoms with Gasteiger partial charge in [0.15, 0.2) is 0 Å². The fraction of sp³-hybridized carbons (Fsp3) is 0.300. The van der Waals surface area contributed by atoms with Gasteiger partial charge in [0.2, 0.25) is 0 Å². The number of hydrogen-bond donors (Lipinski definition) is 1. The van der Waals surface area contributed by atoms with E-state index in [2.05, 4.69) is 5.73 Å². The molecular weight excluding hydrogens is 188 g/mol. The number of hydrogen-bond acceptors (Lipinski definition) is 1. The van der Waals surface area contributed by atoms with Gasteiger partial charge in [-0.1, -0.05) is 12.1 Å². The van der Waals surface area contributed by atoms with Gasteiger partial charge in [0.25, 0.3) is 5.91 Å². The number of rotatable bonds is 2. The minimum Gasteiger partial charge on any atom is -0.364 e. The highest BCUT2D eigenvalue weighted by Crippen LogP contribution is 2.28. The van der Waals surface area contributed by atoms with Crippen LogP contribution in [0.2, 0.25) is 0 Å². The number of aryl methyl sites for hydroxylation is 2. The van der Waals surface area contributed by atoms with Crippen LogP contribution >= 0.6 is 0 Å². The highest BCUT2D eigenvalue weighted by atomic mass is 19.3. The third kappa shape index (κ3) is 1.73. The zero-order chi connectivity index (χ0) is 10.9. The highest BCUT2D eigenvalue weighted by molar-refractivity contribution is 5.83. The number of carbonyl (C=O) groups excluding carboxylic acids is 1. The molecule has 0 unspecified atom stereocenters. The molecule has 0 spiro atoms. The van der Waals surface area contributed by atoms with Gasteiger partial charge in [0.1, 0.15) is 0 Å². The molecule has 14 heavy (non-hydrogen) atoms. The van der Waals surface area contributed by atoms with E-state index in [-0.39, 0.29) is 5.56 Å². The number of carbonyl (C=O) groups is 1. The van der Waals surface area contributed by atoms with E-state index in [0.717, 1.165) is 5.56 Å². The Morgan fingerprint density at radius 2 is 1.86 bits per heavy atom. The van der Waals surface area contributed by atoms with E-state index in [1.54, 1.807) is 13.0 Å². The molecule has 0 bridgehead atoms. The first-order chi connectivity index (χ1) is 6.35. The molecule has 0 radical (unpaired) electrons. The Morgan fingerprint density at radius 3 is 2.29 bits per heavy atom. The van der Waals surface area contributed by atoms with Crippen LogP contribution in [0.5, 0.6) is 0 Å². The Bertz CT molecular complexity index is 374. The van der Waals surface area contributed by atoms with Gasteiger partial charge in [-0.15, -0.1) is 0 Å². The molecule has 0 atom stereocenters. The second kappa shape index (κ2) is 3.36. The van der Waals surface area contributed by atoms with Crippen molar-refractivity contribution in [2.45, 2.75) is 19.8 Å². The van der Waals surface area contributed by atoms with Crippen molar-refractivity contribution in [3.05, 3.63) is 34.9 Å². The maximum atomic E-state index is 13.1. The molecule has 0 fully saturated rings. The zero-order valence-corrected chi connectivity index (χ0v) is 7.97. The van der Waals surface area contributed by atoms with Gasteiger partial charge in [-0.25, -0.2) is 0 Å². The van der Waals surface area contributed by atoms with Gasteiger partial charge in [0, 0.05) is 5.56 Å². The fourth-order valence-electron chi connectivity index (χ4n) is 1.08. The Hall–Kier alpha value is -1.45. The van der Waals surface area contributed by atoms with Crippen LogP contribution in [0.4, 0.5) is 8.78 Å². The summed E-state index contributed by atoms with van der Waals surface area (Å²) in [5, 5.41) is 0. The molecule has 76 valence electrons. The van der Waals surface area contributed by atoms with Crippen molar-refractivity contribution in [1.29, 1.82) is 0 Å². The Kier molecular flexibility index (Phi) is 2.55. The smallest absolute Gasteiger partial charge is 0.349 e. The Labute approximate surface area is 80.7 Å². The van der Waals surface area contributed by atoms with Crippen molar-refractivity contribution in [3.63, 3.8) is 0 Å². The minimum atomic E-state index is -3.58. The van der Waals surface area contributed by atoms with Crippen molar-refractivity contribution in [2.24, 2.45) is 5.73 Å². The zero-order valence-electron chi connectivity index (χ0n) is 7.97. The predicted molar refractivity (Wildman–Crippen MR) is 49.0 cm³/mol. The van der Waals surface area contributed by atoms with E-state index in [9.17, 15) is 13.6 Å². The molecule has 1 rings (SSSR count). The molecule has 2 nitrogen and oxygen atoms in total. The lowest BCUT2D eigenvalue weighted by Crippen LogP contribution is -2.32. The van der Waals surface area contributed by atoms with E-state index in [1.165, 1.54) is 12.1 Å². The third-order valence-corrected chi connectivity index (χ3v) is 2.18. The van der Waals surface area contributed by atoms with Crippen LogP contribution in [0.1, 0.15) is 16.7 Å². The Balaban J connectivity index is 3.21. The molecule has 4 heteroatoms. The van der Waals surface area contributed by atoms with Gasteiger partial charge < -0.3 is 5.73 Å². The van der Waals surface area contributed by atoms with Crippen LogP contribution in [0.25, 0.3) is 0 Å². The molecule has 0 aliphatic heterocycles. The van der Waals surface area contributed by atoms with Crippen molar-refractivity contribution < 1.29 is 13.6 Å². The summed E-state index contributed by atoms with van der Waals surface area (Å²) in [4.78, 5) is 10.5. The quantitative estimate of drug-likeness (QED) is 0.776. The molecule has 1 aromatic rings.